The first kappa shape index (κ1) is 27.5. The number of rotatable bonds is 7. The molecule has 0 N–H and O–H groups in total. The molecular weight excluding hydrogens is 540 g/mol. The Morgan fingerprint density at radius 3 is 2.41 bits per heavy atom. The number of hydrogen-bond acceptors (Lipinski definition) is 5. The zero-order valence-electron chi connectivity index (χ0n) is 22.1. The van der Waals surface area contributed by atoms with Crippen molar-refractivity contribution < 1.29 is 18.3 Å². The van der Waals surface area contributed by atoms with Crippen LogP contribution in [0.1, 0.15) is 40.9 Å². The van der Waals surface area contributed by atoms with Gasteiger partial charge in [-0.15, -0.1) is 11.3 Å². The van der Waals surface area contributed by atoms with Gasteiger partial charge >= 0.3 is 0 Å². The lowest BCUT2D eigenvalue weighted by Gasteiger charge is -2.39. The molecule has 39 heavy (non-hydrogen) atoms. The number of halogens is 3. The van der Waals surface area contributed by atoms with Gasteiger partial charge in [0, 0.05) is 36.0 Å². The number of amides is 1. The lowest BCUT2D eigenvalue weighted by atomic mass is 9.89. The molecule has 0 unspecified atom stereocenters. The molecule has 4 aromatic rings. The minimum absolute atomic E-state index is 0.0434. The molecule has 5 rings (SSSR count). The van der Waals surface area contributed by atoms with Gasteiger partial charge in [-0.05, 0) is 82.2 Å². The Morgan fingerprint density at radius 2 is 1.77 bits per heavy atom. The molecule has 9 heteroatoms. The summed E-state index contributed by atoms with van der Waals surface area (Å²) in [5, 5.41) is -0.0887. The summed E-state index contributed by atoms with van der Waals surface area (Å²) in [6.45, 7) is 0.259. The highest BCUT2D eigenvalue weighted by Gasteiger charge is 2.33. The Balaban J connectivity index is 1.55. The summed E-state index contributed by atoms with van der Waals surface area (Å²) in [5.74, 6) is -0.929. The van der Waals surface area contributed by atoms with E-state index in [2.05, 4.69) is 24.0 Å². The molecule has 2 aromatic heterocycles. The summed E-state index contributed by atoms with van der Waals surface area (Å²) in [4.78, 5) is 22.8. The summed E-state index contributed by atoms with van der Waals surface area (Å²) in [5.41, 5.74) is 2.53. The average molecular weight is 570 g/mol. The number of ether oxygens (including phenoxy) is 1. The Labute approximate surface area is 236 Å². The van der Waals surface area contributed by atoms with Crippen LogP contribution < -0.4 is 4.74 Å². The maximum atomic E-state index is 14.6. The van der Waals surface area contributed by atoms with Crippen molar-refractivity contribution in [3.63, 3.8) is 0 Å². The van der Waals surface area contributed by atoms with Gasteiger partial charge in [-0.3, -0.25) is 9.78 Å². The average Bonchev–Trinajstić information content (AvgIpc) is 3.32. The predicted molar refractivity (Wildman–Crippen MR) is 153 cm³/mol. The molecule has 5 nitrogen and oxygen atoms in total. The molecule has 2 aromatic carbocycles. The Morgan fingerprint density at radius 1 is 1.05 bits per heavy atom. The van der Waals surface area contributed by atoms with Gasteiger partial charge in [0.25, 0.3) is 5.91 Å². The molecule has 1 fully saturated rings. The van der Waals surface area contributed by atoms with Gasteiger partial charge in [0.2, 0.25) is 0 Å². The molecule has 1 aliphatic carbocycles. The number of fused-ring (bicyclic) bond motifs is 1. The third-order valence-corrected chi connectivity index (χ3v) is 9.23. The summed E-state index contributed by atoms with van der Waals surface area (Å²) < 4.78 is 34.9. The van der Waals surface area contributed by atoms with E-state index in [0.717, 1.165) is 66.0 Å². The second-order valence-corrected chi connectivity index (χ2v) is 11.5. The van der Waals surface area contributed by atoms with E-state index < -0.39 is 11.6 Å². The third-order valence-electron chi connectivity index (χ3n) is 7.56. The summed E-state index contributed by atoms with van der Waals surface area (Å²) in [6.07, 6.45) is 5.23. The van der Waals surface area contributed by atoms with E-state index in [1.54, 1.807) is 18.2 Å². The smallest absolute Gasteiger partial charge is 0.266 e. The van der Waals surface area contributed by atoms with Crippen LogP contribution in [-0.4, -0.2) is 54.0 Å². The first-order chi connectivity index (χ1) is 18.8. The van der Waals surface area contributed by atoms with E-state index in [0.29, 0.717) is 11.8 Å². The molecule has 0 radical (unpaired) electrons. The van der Waals surface area contributed by atoms with Crippen LogP contribution in [0.5, 0.6) is 5.75 Å². The fourth-order valence-corrected chi connectivity index (χ4v) is 6.90. The monoisotopic (exact) mass is 569 g/mol. The minimum Gasteiger partial charge on any atom is -0.496 e. The molecule has 0 bridgehead atoms. The maximum Gasteiger partial charge on any atom is 0.266 e. The number of carbonyl (C=O) groups is 1. The first-order valence-electron chi connectivity index (χ1n) is 12.9. The third kappa shape index (κ3) is 5.51. The van der Waals surface area contributed by atoms with Crippen molar-refractivity contribution in [1.82, 2.24) is 14.8 Å². The van der Waals surface area contributed by atoms with Gasteiger partial charge in [-0.1, -0.05) is 17.7 Å². The Kier molecular flexibility index (Phi) is 8.16. The fraction of sp³-hybridized carbons (Fsp3) is 0.333. The van der Waals surface area contributed by atoms with Crippen LogP contribution >= 0.6 is 22.9 Å². The highest BCUT2D eigenvalue weighted by Crippen LogP contribution is 2.40. The van der Waals surface area contributed by atoms with Crippen molar-refractivity contribution in [3.8, 4) is 17.0 Å². The normalized spacial score (nSPS) is 17.5. The van der Waals surface area contributed by atoms with E-state index in [-0.39, 0.29) is 38.5 Å². The first-order valence-corrected chi connectivity index (χ1v) is 14.1. The maximum absolute atomic E-state index is 14.6. The van der Waals surface area contributed by atoms with E-state index in [1.165, 1.54) is 0 Å². The minimum atomic E-state index is -0.644. The van der Waals surface area contributed by atoms with Crippen LogP contribution in [0.15, 0.2) is 54.7 Å². The standard InChI is InChI=1S/C30H30ClF2N3O2S/c1-35(2)20-8-10-21(11-9-20)36(30(37)29-27(31)26-22(32)12-13-23(33)28(26)39-29)17-19-16-18(7-14-25(19)38-3)24-6-4-5-15-34-24/h4-7,12-16,20-21H,8-11,17H2,1-3H3. The number of benzene rings is 2. The lowest BCUT2D eigenvalue weighted by molar-refractivity contribution is 0.0573. The highest BCUT2D eigenvalue weighted by molar-refractivity contribution is 7.21. The number of methoxy groups -OCH3 is 1. The van der Waals surface area contributed by atoms with E-state index in [9.17, 15) is 13.6 Å². The molecule has 0 saturated heterocycles. The highest BCUT2D eigenvalue weighted by atomic mass is 35.5. The topological polar surface area (TPSA) is 45.7 Å². The number of carbonyl (C=O) groups excluding carboxylic acids is 1. The van der Waals surface area contributed by atoms with Gasteiger partial charge in [0.05, 0.1) is 27.9 Å². The van der Waals surface area contributed by atoms with E-state index in [4.69, 9.17) is 16.3 Å². The number of nitrogens with zero attached hydrogens (tertiary/aromatic N) is 3. The quantitative estimate of drug-likeness (QED) is 0.232. The summed E-state index contributed by atoms with van der Waals surface area (Å²) in [7, 11) is 5.74. The second kappa shape index (κ2) is 11.6. The van der Waals surface area contributed by atoms with Crippen LogP contribution in [0.25, 0.3) is 21.3 Å². The van der Waals surface area contributed by atoms with Crippen molar-refractivity contribution >= 4 is 38.9 Å². The number of aromatic nitrogens is 1. The van der Waals surface area contributed by atoms with Gasteiger partial charge in [-0.25, -0.2) is 8.78 Å². The predicted octanol–water partition coefficient (Wildman–Crippen LogP) is 7.42. The largest absolute Gasteiger partial charge is 0.496 e. The molecule has 0 aliphatic heterocycles. The lowest BCUT2D eigenvalue weighted by Crippen LogP contribution is -2.44. The van der Waals surface area contributed by atoms with Gasteiger partial charge in [0.1, 0.15) is 22.3 Å². The number of hydrogen-bond donors (Lipinski definition) is 0. The molecule has 2 heterocycles. The van der Waals surface area contributed by atoms with Crippen LogP contribution in [0.4, 0.5) is 8.78 Å². The Hall–Kier alpha value is -3.07. The molecule has 0 atom stereocenters. The van der Waals surface area contributed by atoms with E-state index in [1.807, 2.05) is 36.4 Å². The van der Waals surface area contributed by atoms with Crippen molar-refractivity contribution in [3.05, 3.63) is 81.8 Å². The van der Waals surface area contributed by atoms with Gasteiger partial charge < -0.3 is 14.5 Å². The van der Waals surface area contributed by atoms with Crippen molar-refractivity contribution in [2.75, 3.05) is 21.2 Å². The molecule has 1 amide bonds. The fourth-order valence-electron chi connectivity index (χ4n) is 5.40. The molecule has 1 aliphatic rings. The zero-order chi connectivity index (χ0) is 27.7. The summed E-state index contributed by atoms with van der Waals surface area (Å²) in [6, 6.07) is 14.0. The van der Waals surface area contributed by atoms with Crippen LogP contribution in [0.3, 0.4) is 0 Å². The molecule has 1 saturated carbocycles. The summed E-state index contributed by atoms with van der Waals surface area (Å²) >= 11 is 7.46. The van der Waals surface area contributed by atoms with Crippen LogP contribution in [0.2, 0.25) is 5.02 Å². The zero-order valence-corrected chi connectivity index (χ0v) is 23.7. The van der Waals surface area contributed by atoms with Crippen molar-refractivity contribution in [2.45, 2.75) is 44.3 Å². The molecular formula is C30H30ClF2N3O2S. The number of thiophene rings is 1. The van der Waals surface area contributed by atoms with Crippen molar-refractivity contribution in [1.29, 1.82) is 0 Å². The Bertz CT molecular complexity index is 1490. The van der Waals surface area contributed by atoms with Crippen LogP contribution in [-0.2, 0) is 6.54 Å². The van der Waals surface area contributed by atoms with Gasteiger partial charge in [-0.2, -0.15) is 0 Å². The molecule has 204 valence electrons. The van der Waals surface area contributed by atoms with Gasteiger partial charge in [0.15, 0.2) is 0 Å². The number of pyridine rings is 1. The van der Waals surface area contributed by atoms with E-state index >= 15 is 0 Å². The van der Waals surface area contributed by atoms with Crippen molar-refractivity contribution in [2.24, 2.45) is 0 Å². The SMILES string of the molecule is COc1ccc(-c2ccccn2)cc1CN(C(=O)c1sc2c(F)ccc(F)c2c1Cl)C1CCC(N(C)C)CC1. The molecule has 0 spiro atoms. The second-order valence-electron chi connectivity index (χ2n) is 10.1. The van der Waals surface area contributed by atoms with Crippen LogP contribution in [0, 0.1) is 11.6 Å².